The van der Waals surface area contributed by atoms with Crippen LogP contribution in [0.5, 0.6) is 5.75 Å². The van der Waals surface area contributed by atoms with Crippen molar-refractivity contribution in [2.24, 2.45) is 5.92 Å². The Morgan fingerprint density at radius 2 is 1.80 bits per heavy atom. The summed E-state index contributed by atoms with van der Waals surface area (Å²) in [5, 5.41) is 0. The molecular weight excluding hydrogens is 269 g/mol. The predicted molar refractivity (Wildman–Crippen MR) is 70.4 cm³/mol. The number of halogens is 3. The Morgan fingerprint density at radius 3 is 2.35 bits per heavy atom. The fourth-order valence-electron chi connectivity index (χ4n) is 1.87. The van der Waals surface area contributed by atoms with Crippen molar-refractivity contribution in [2.45, 2.75) is 45.2 Å². The second-order valence-corrected chi connectivity index (χ2v) is 4.68. The average Bonchev–Trinajstić information content (AvgIpc) is 2.38. The number of ether oxygens (including phenoxy) is 1. The van der Waals surface area contributed by atoms with E-state index < -0.39 is 18.1 Å². The van der Waals surface area contributed by atoms with Crippen molar-refractivity contribution in [2.75, 3.05) is 0 Å². The van der Waals surface area contributed by atoms with Crippen molar-refractivity contribution in [1.29, 1.82) is 0 Å². The van der Waals surface area contributed by atoms with Crippen LogP contribution in [0.1, 0.15) is 39.0 Å². The van der Waals surface area contributed by atoms with E-state index in [0.29, 0.717) is 12.8 Å². The molecule has 5 heteroatoms. The van der Waals surface area contributed by atoms with E-state index in [4.69, 9.17) is 4.74 Å². The van der Waals surface area contributed by atoms with Crippen molar-refractivity contribution >= 4 is 5.97 Å². The van der Waals surface area contributed by atoms with Gasteiger partial charge in [-0.2, -0.15) is 13.2 Å². The van der Waals surface area contributed by atoms with Crippen LogP contribution in [0.2, 0.25) is 0 Å². The number of rotatable bonds is 7. The summed E-state index contributed by atoms with van der Waals surface area (Å²) in [6.07, 6.45) is -1.89. The van der Waals surface area contributed by atoms with Crippen LogP contribution in [0, 0.1) is 5.92 Å². The van der Waals surface area contributed by atoms with Crippen molar-refractivity contribution < 1.29 is 22.7 Å². The maximum Gasteiger partial charge on any atom is 0.402 e. The van der Waals surface area contributed by atoms with Crippen LogP contribution in [-0.2, 0) is 4.79 Å². The number of carbonyl (C=O) groups is 1. The van der Waals surface area contributed by atoms with Crippen molar-refractivity contribution in [3.63, 3.8) is 0 Å². The fraction of sp³-hybridized carbons (Fsp3) is 0.533. The number of unbranched alkanes of at least 4 members (excludes halogenated alkanes) is 3. The van der Waals surface area contributed by atoms with Gasteiger partial charge in [-0.3, -0.25) is 4.79 Å². The highest BCUT2D eigenvalue weighted by molar-refractivity contribution is 5.75. The van der Waals surface area contributed by atoms with Crippen LogP contribution in [0.25, 0.3) is 0 Å². The zero-order valence-electron chi connectivity index (χ0n) is 11.5. The third-order valence-electron chi connectivity index (χ3n) is 2.99. The Hall–Kier alpha value is -1.52. The van der Waals surface area contributed by atoms with E-state index in [0.717, 1.165) is 12.8 Å². The molecule has 1 aromatic rings. The molecule has 0 saturated carbocycles. The lowest BCUT2D eigenvalue weighted by Crippen LogP contribution is -2.33. The van der Waals surface area contributed by atoms with Crippen LogP contribution >= 0.6 is 0 Å². The number of carbonyl (C=O) groups excluding carboxylic acids is 1. The van der Waals surface area contributed by atoms with Crippen LogP contribution in [0.15, 0.2) is 30.3 Å². The minimum atomic E-state index is -4.56. The summed E-state index contributed by atoms with van der Waals surface area (Å²) in [7, 11) is 0. The number of para-hydroxylation sites is 1. The number of esters is 1. The molecule has 0 aliphatic heterocycles. The number of hydrogen-bond donors (Lipinski definition) is 0. The molecular formula is C15H19F3O2. The smallest absolute Gasteiger partial charge is 0.402 e. The van der Waals surface area contributed by atoms with E-state index in [2.05, 4.69) is 0 Å². The van der Waals surface area contributed by atoms with Gasteiger partial charge in [0, 0.05) is 0 Å². The van der Waals surface area contributed by atoms with Gasteiger partial charge in [0.25, 0.3) is 0 Å². The molecule has 1 atom stereocenters. The van der Waals surface area contributed by atoms with Gasteiger partial charge in [-0.05, 0) is 18.6 Å². The van der Waals surface area contributed by atoms with Gasteiger partial charge >= 0.3 is 12.1 Å². The Balaban J connectivity index is 2.61. The quantitative estimate of drug-likeness (QED) is 0.411. The van der Waals surface area contributed by atoms with Crippen LogP contribution < -0.4 is 4.74 Å². The van der Waals surface area contributed by atoms with Gasteiger partial charge in [0.15, 0.2) is 5.92 Å². The van der Waals surface area contributed by atoms with Crippen LogP contribution in [0.4, 0.5) is 13.2 Å². The third kappa shape index (κ3) is 5.63. The van der Waals surface area contributed by atoms with E-state index in [9.17, 15) is 18.0 Å². The average molecular weight is 288 g/mol. The summed E-state index contributed by atoms with van der Waals surface area (Å²) in [5.41, 5.74) is 0. The minimum Gasteiger partial charge on any atom is -0.426 e. The van der Waals surface area contributed by atoms with Gasteiger partial charge in [-0.15, -0.1) is 0 Å². The summed E-state index contributed by atoms with van der Waals surface area (Å²) in [6, 6.07) is 7.83. The fourth-order valence-corrected chi connectivity index (χ4v) is 1.87. The molecule has 0 radical (unpaired) electrons. The summed E-state index contributed by atoms with van der Waals surface area (Å²) in [6.45, 7) is 1.98. The lowest BCUT2D eigenvalue weighted by molar-refractivity contribution is -0.193. The highest BCUT2D eigenvalue weighted by Gasteiger charge is 2.45. The lowest BCUT2D eigenvalue weighted by atomic mass is 10.0. The second-order valence-electron chi connectivity index (χ2n) is 4.68. The summed E-state index contributed by atoms with van der Waals surface area (Å²) >= 11 is 0. The molecule has 20 heavy (non-hydrogen) atoms. The molecule has 0 unspecified atom stereocenters. The molecule has 1 rings (SSSR count). The monoisotopic (exact) mass is 288 g/mol. The topological polar surface area (TPSA) is 26.3 Å². The van der Waals surface area contributed by atoms with Gasteiger partial charge in [0.05, 0.1) is 0 Å². The highest BCUT2D eigenvalue weighted by atomic mass is 19.4. The highest BCUT2D eigenvalue weighted by Crippen LogP contribution is 2.32. The molecule has 0 heterocycles. The molecule has 112 valence electrons. The SMILES string of the molecule is CCCCCC[C@H](C(=O)Oc1ccccc1)C(F)(F)F. The molecule has 0 aliphatic rings. The Bertz CT molecular complexity index is 401. The van der Waals surface area contributed by atoms with Crippen molar-refractivity contribution in [1.82, 2.24) is 0 Å². The largest absolute Gasteiger partial charge is 0.426 e. The number of hydrogen-bond acceptors (Lipinski definition) is 2. The minimum absolute atomic E-state index is 0.139. The standard InChI is InChI=1S/C15H19F3O2/c1-2-3-4-8-11-13(15(16,17)18)14(19)20-12-9-6-5-7-10-12/h5-7,9-10,13H,2-4,8,11H2,1H3/t13-/m1/s1. The molecule has 0 spiro atoms. The number of benzene rings is 1. The third-order valence-corrected chi connectivity index (χ3v) is 2.99. The van der Waals surface area contributed by atoms with Crippen LogP contribution in [0.3, 0.4) is 0 Å². The summed E-state index contributed by atoms with van der Waals surface area (Å²) < 4.78 is 43.4. The van der Waals surface area contributed by atoms with Crippen LogP contribution in [-0.4, -0.2) is 12.1 Å². The summed E-state index contributed by atoms with van der Waals surface area (Å²) in [5.74, 6) is -3.12. The Kier molecular flexibility index (Phi) is 6.55. The first kappa shape index (κ1) is 16.5. The summed E-state index contributed by atoms with van der Waals surface area (Å²) in [4.78, 5) is 11.7. The maximum absolute atomic E-state index is 12.9. The normalized spacial score (nSPS) is 13.0. The lowest BCUT2D eigenvalue weighted by Gasteiger charge is -2.18. The zero-order valence-corrected chi connectivity index (χ0v) is 11.5. The van der Waals surface area contributed by atoms with Gasteiger partial charge in [-0.25, -0.2) is 0 Å². The molecule has 0 amide bonds. The van der Waals surface area contributed by atoms with E-state index >= 15 is 0 Å². The Labute approximate surface area is 116 Å². The van der Waals surface area contributed by atoms with E-state index in [1.165, 1.54) is 12.1 Å². The number of alkyl halides is 3. The molecule has 0 aromatic heterocycles. The van der Waals surface area contributed by atoms with E-state index in [1.807, 2.05) is 6.92 Å². The molecule has 0 N–H and O–H groups in total. The first-order valence-electron chi connectivity index (χ1n) is 6.78. The van der Waals surface area contributed by atoms with Crippen molar-refractivity contribution in [3.05, 3.63) is 30.3 Å². The molecule has 2 nitrogen and oxygen atoms in total. The second kappa shape index (κ2) is 7.92. The predicted octanol–water partition coefficient (Wildman–Crippen LogP) is 4.74. The Morgan fingerprint density at radius 1 is 1.15 bits per heavy atom. The molecule has 1 aromatic carbocycles. The first-order chi connectivity index (χ1) is 9.45. The maximum atomic E-state index is 12.9. The van der Waals surface area contributed by atoms with Gasteiger partial charge in [0.1, 0.15) is 5.75 Å². The van der Waals surface area contributed by atoms with E-state index in [-0.39, 0.29) is 12.2 Å². The van der Waals surface area contributed by atoms with Gasteiger partial charge in [0.2, 0.25) is 0 Å². The van der Waals surface area contributed by atoms with Gasteiger partial charge < -0.3 is 4.74 Å². The molecule has 0 saturated heterocycles. The molecule has 0 aliphatic carbocycles. The first-order valence-corrected chi connectivity index (χ1v) is 6.78. The zero-order chi connectivity index (χ0) is 15.0. The molecule has 0 bridgehead atoms. The molecule has 0 fully saturated rings. The van der Waals surface area contributed by atoms with Gasteiger partial charge in [-0.1, -0.05) is 50.8 Å². The van der Waals surface area contributed by atoms with Crippen molar-refractivity contribution in [3.8, 4) is 5.75 Å². The van der Waals surface area contributed by atoms with E-state index in [1.54, 1.807) is 18.2 Å².